The van der Waals surface area contributed by atoms with Crippen molar-refractivity contribution in [1.29, 1.82) is 0 Å². The molecule has 148 valence electrons. The molecule has 3 N–H and O–H groups in total. The van der Waals surface area contributed by atoms with E-state index in [2.05, 4.69) is 21.7 Å². The molecule has 0 fully saturated rings. The monoisotopic (exact) mass is 483 g/mol. The maximum atomic E-state index is 9.89. The summed E-state index contributed by atoms with van der Waals surface area (Å²) >= 11 is 0. The van der Waals surface area contributed by atoms with Gasteiger partial charge in [0.1, 0.15) is 11.5 Å². The molecular formula is C21H30IN3O2. The zero-order valence-electron chi connectivity index (χ0n) is 16.5. The summed E-state index contributed by atoms with van der Waals surface area (Å²) in [4.78, 5) is 4.65. The Morgan fingerprint density at radius 2 is 1.78 bits per heavy atom. The normalized spacial score (nSPS) is 10.9. The van der Waals surface area contributed by atoms with Gasteiger partial charge in [0.15, 0.2) is 5.96 Å². The minimum Gasteiger partial charge on any atom is -0.507 e. The minimum absolute atomic E-state index is 0. The van der Waals surface area contributed by atoms with Crippen molar-refractivity contribution in [2.45, 2.75) is 33.7 Å². The number of aryl methyl sites for hydroxylation is 2. The van der Waals surface area contributed by atoms with Gasteiger partial charge in [0.2, 0.25) is 0 Å². The fourth-order valence-electron chi connectivity index (χ4n) is 2.87. The summed E-state index contributed by atoms with van der Waals surface area (Å²) in [6.45, 7) is 7.99. The lowest BCUT2D eigenvalue weighted by Gasteiger charge is -2.13. The van der Waals surface area contributed by atoms with Crippen molar-refractivity contribution in [3.63, 3.8) is 0 Å². The molecule has 0 aliphatic carbocycles. The lowest BCUT2D eigenvalue weighted by atomic mass is 10.1. The first kappa shape index (κ1) is 23.1. The number of benzene rings is 2. The zero-order valence-corrected chi connectivity index (χ0v) is 18.8. The molecule has 0 spiro atoms. The molecule has 2 aromatic rings. The second kappa shape index (κ2) is 11.7. The molecule has 2 aromatic carbocycles. The smallest absolute Gasteiger partial charge is 0.191 e. The quantitative estimate of drug-likeness (QED) is 0.317. The van der Waals surface area contributed by atoms with Crippen LogP contribution in [0, 0.1) is 13.8 Å². The number of nitrogens with one attached hydrogen (secondary N) is 2. The van der Waals surface area contributed by atoms with E-state index in [0.717, 1.165) is 47.9 Å². The Bertz CT molecular complexity index is 740. The number of guanidine groups is 1. The number of halogens is 1. The van der Waals surface area contributed by atoms with Crippen LogP contribution in [0.5, 0.6) is 11.5 Å². The fraction of sp³-hybridized carbons (Fsp3) is 0.381. The largest absolute Gasteiger partial charge is 0.507 e. The van der Waals surface area contributed by atoms with Crippen LogP contribution in [0.1, 0.15) is 29.2 Å². The fourth-order valence-corrected chi connectivity index (χ4v) is 2.87. The predicted molar refractivity (Wildman–Crippen MR) is 123 cm³/mol. The van der Waals surface area contributed by atoms with Gasteiger partial charge in [0.25, 0.3) is 0 Å². The number of hydrogen-bond acceptors (Lipinski definition) is 3. The lowest BCUT2D eigenvalue weighted by molar-refractivity contribution is 0.409. The highest BCUT2D eigenvalue weighted by Gasteiger charge is 2.05. The number of para-hydroxylation sites is 1. The number of methoxy groups -OCH3 is 1. The summed E-state index contributed by atoms with van der Waals surface area (Å²) in [6.07, 6.45) is 0.853. The van der Waals surface area contributed by atoms with Crippen molar-refractivity contribution in [3.05, 3.63) is 58.7 Å². The van der Waals surface area contributed by atoms with E-state index in [9.17, 15) is 5.11 Å². The van der Waals surface area contributed by atoms with Crippen LogP contribution in [-0.4, -0.2) is 31.3 Å². The number of phenols is 1. The summed E-state index contributed by atoms with van der Waals surface area (Å²) < 4.78 is 5.39. The first-order valence-electron chi connectivity index (χ1n) is 8.98. The number of aromatic hydroxyl groups is 1. The van der Waals surface area contributed by atoms with E-state index in [0.29, 0.717) is 12.3 Å². The van der Waals surface area contributed by atoms with Crippen LogP contribution in [-0.2, 0) is 13.0 Å². The van der Waals surface area contributed by atoms with Gasteiger partial charge >= 0.3 is 0 Å². The van der Waals surface area contributed by atoms with Gasteiger partial charge in [-0.15, -0.1) is 24.0 Å². The molecule has 0 aromatic heterocycles. The summed E-state index contributed by atoms with van der Waals surface area (Å²) in [5.74, 6) is 2.05. The molecule has 0 unspecified atom stereocenters. The van der Waals surface area contributed by atoms with Crippen LogP contribution in [0.4, 0.5) is 0 Å². The van der Waals surface area contributed by atoms with Gasteiger partial charge in [-0.2, -0.15) is 0 Å². The van der Waals surface area contributed by atoms with E-state index in [-0.39, 0.29) is 24.0 Å². The van der Waals surface area contributed by atoms with Crippen molar-refractivity contribution in [2.75, 3.05) is 20.2 Å². The highest BCUT2D eigenvalue weighted by Crippen LogP contribution is 2.23. The molecule has 27 heavy (non-hydrogen) atoms. The standard InChI is InChI=1S/C21H29N3O2.HI/c1-5-22-21(23-11-10-18-8-6-7-9-19(18)26-4)24-14-17-12-15(2)20(25)16(3)13-17;/h6-9,12-13,25H,5,10-11,14H2,1-4H3,(H2,22,23,24);1H. The second-order valence-corrected chi connectivity index (χ2v) is 6.26. The number of rotatable bonds is 7. The number of hydrogen-bond donors (Lipinski definition) is 3. The van der Waals surface area contributed by atoms with Crippen molar-refractivity contribution in [1.82, 2.24) is 10.6 Å². The molecular weight excluding hydrogens is 453 g/mol. The molecule has 0 amide bonds. The maximum Gasteiger partial charge on any atom is 0.191 e. The van der Waals surface area contributed by atoms with E-state index in [1.807, 2.05) is 51.1 Å². The molecule has 2 rings (SSSR count). The van der Waals surface area contributed by atoms with Gasteiger partial charge in [-0.3, -0.25) is 0 Å². The molecule has 0 aliphatic rings. The SMILES string of the molecule is CCNC(=NCc1cc(C)c(O)c(C)c1)NCCc1ccccc1OC.I. The molecule has 0 bridgehead atoms. The van der Waals surface area contributed by atoms with E-state index in [1.54, 1.807) is 7.11 Å². The van der Waals surface area contributed by atoms with Crippen molar-refractivity contribution < 1.29 is 9.84 Å². The Labute approximate surface area is 179 Å². The number of aliphatic imine (C=N–C) groups is 1. The van der Waals surface area contributed by atoms with E-state index < -0.39 is 0 Å². The average Bonchev–Trinajstić information content (AvgIpc) is 2.64. The second-order valence-electron chi connectivity index (χ2n) is 6.26. The predicted octanol–water partition coefficient (Wildman–Crippen LogP) is 3.93. The van der Waals surface area contributed by atoms with Gasteiger partial charge in [0.05, 0.1) is 13.7 Å². The minimum atomic E-state index is 0. The Morgan fingerprint density at radius 1 is 1.11 bits per heavy atom. The van der Waals surface area contributed by atoms with Crippen LogP contribution in [0.3, 0.4) is 0 Å². The first-order chi connectivity index (χ1) is 12.5. The molecule has 0 saturated heterocycles. The van der Waals surface area contributed by atoms with Crippen molar-refractivity contribution >= 4 is 29.9 Å². The van der Waals surface area contributed by atoms with Gasteiger partial charge < -0.3 is 20.5 Å². The highest BCUT2D eigenvalue weighted by atomic mass is 127. The molecule has 6 heteroatoms. The Kier molecular flexibility index (Phi) is 9.99. The molecule has 0 radical (unpaired) electrons. The topological polar surface area (TPSA) is 65.9 Å². The average molecular weight is 483 g/mol. The Balaban J connectivity index is 0.00000364. The third-order valence-electron chi connectivity index (χ3n) is 4.19. The van der Waals surface area contributed by atoms with E-state index in [4.69, 9.17) is 4.74 Å². The summed E-state index contributed by atoms with van der Waals surface area (Å²) in [5.41, 5.74) is 4.01. The Hall–Kier alpha value is -1.96. The van der Waals surface area contributed by atoms with Gasteiger partial charge in [-0.05, 0) is 55.5 Å². The lowest BCUT2D eigenvalue weighted by Crippen LogP contribution is -2.38. The molecule has 0 aliphatic heterocycles. The first-order valence-corrected chi connectivity index (χ1v) is 8.98. The molecule has 0 saturated carbocycles. The summed E-state index contributed by atoms with van der Waals surface area (Å²) in [6, 6.07) is 12.0. The van der Waals surface area contributed by atoms with E-state index >= 15 is 0 Å². The van der Waals surface area contributed by atoms with Gasteiger partial charge in [-0.25, -0.2) is 4.99 Å². The third kappa shape index (κ3) is 6.93. The van der Waals surface area contributed by atoms with Crippen LogP contribution >= 0.6 is 24.0 Å². The summed E-state index contributed by atoms with van der Waals surface area (Å²) in [7, 11) is 1.69. The Morgan fingerprint density at radius 3 is 2.41 bits per heavy atom. The molecule has 5 nitrogen and oxygen atoms in total. The van der Waals surface area contributed by atoms with Crippen molar-refractivity contribution in [3.8, 4) is 11.5 Å². The van der Waals surface area contributed by atoms with Crippen LogP contribution in [0.15, 0.2) is 41.4 Å². The molecule has 0 atom stereocenters. The van der Waals surface area contributed by atoms with Crippen LogP contribution in [0.25, 0.3) is 0 Å². The third-order valence-corrected chi connectivity index (χ3v) is 4.19. The van der Waals surface area contributed by atoms with Crippen LogP contribution < -0.4 is 15.4 Å². The van der Waals surface area contributed by atoms with Gasteiger partial charge in [-0.1, -0.05) is 30.3 Å². The maximum absolute atomic E-state index is 9.89. The highest BCUT2D eigenvalue weighted by molar-refractivity contribution is 14.0. The number of phenolic OH excluding ortho intramolecular Hbond substituents is 1. The number of ether oxygens (including phenoxy) is 1. The van der Waals surface area contributed by atoms with Crippen molar-refractivity contribution in [2.24, 2.45) is 4.99 Å². The zero-order chi connectivity index (χ0) is 18.9. The summed E-state index contributed by atoms with van der Waals surface area (Å²) in [5, 5.41) is 16.5. The number of nitrogens with zero attached hydrogens (tertiary/aromatic N) is 1. The van der Waals surface area contributed by atoms with E-state index in [1.165, 1.54) is 5.56 Å². The van der Waals surface area contributed by atoms with Crippen LogP contribution in [0.2, 0.25) is 0 Å². The van der Waals surface area contributed by atoms with Gasteiger partial charge in [0, 0.05) is 13.1 Å². The molecule has 0 heterocycles.